The summed E-state index contributed by atoms with van der Waals surface area (Å²) in [7, 11) is 1.60. The second-order valence-electron chi connectivity index (χ2n) is 15.9. The summed E-state index contributed by atoms with van der Waals surface area (Å²) in [5, 5.41) is 27.2. The molecule has 0 spiro atoms. The van der Waals surface area contributed by atoms with E-state index in [0.29, 0.717) is 89.8 Å². The number of amides is 2. The molecule has 56 heavy (non-hydrogen) atoms. The van der Waals surface area contributed by atoms with Crippen LogP contribution in [0.1, 0.15) is 53.6 Å². The van der Waals surface area contributed by atoms with Crippen LogP contribution in [-0.4, -0.2) is 92.4 Å². The summed E-state index contributed by atoms with van der Waals surface area (Å²) in [6.45, 7) is 14.4. The zero-order valence-corrected chi connectivity index (χ0v) is 32.1. The van der Waals surface area contributed by atoms with E-state index in [1.54, 1.807) is 42.5 Å². The molecule has 15 heteroatoms. The number of benzene rings is 1. The van der Waals surface area contributed by atoms with Crippen molar-refractivity contribution in [3.8, 4) is 17.3 Å². The maximum absolute atomic E-state index is 14.0. The van der Waals surface area contributed by atoms with Crippen LogP contribution in [0, 0.1) is 16.7 Å². The van der Waals surface area contributed by atoms with E-state index in [4.69, 9.17) is 9.72 Å². The maximum atomic E-state index is 14.0. The summed E-state index contributed by atoms with van der Waals surface area (Å²) in [5.74, 6) is -0.335. The summed E-state index contributed by atoms with van der Waals surface area (Å²) in [4.78, 5) is 55.7. The monoisotopic (exact) mass is 758 g/mol. The Kier molecular flexibility index (Phi) is 9.52. The molecular weight excluding hydrogens is 713 g/mol. The highest BCUT2D eigenvalue weighted by Gasteiger charge is 2.38. The molecule has 1 atom stereocenters. The molecule has 3 aliphatic heterocycles. The van der Waals surface area contributed by atoms with Gasteiger partial charge in [0.15, 0.2) is 5.82 Å². The van der Waals surface area contributed by atoms with Crippen LogP contribution in [0.2, 0.25) is 0 Å². The van der Waals surface area contributed by atoms with Gasteiger partial charge in [0.05, 0.1) is 48.5 Å². The number of carbonyl (C=O) groups excluding carboxylic acids is 2. The fourth-order valence-corrected chi connectivity index (χ4v) is 8.64. The summed E-state index contributed by atoms with van der Waals surface area (Å²) in [5.41, 5.74) is 5.67. The van der Waals surface area contributed by atoms with Crippen LogP contribution < -0.4 is 26.0 Å². The van der Waals surface area contributed by atoms with E-state index in [-0.39, 0.29) is 23.2 Å². The number of pyridine rings is 1. The number of nitrogens with one attached hydrogen (secondary N) is 2. The molecule has 4 aromatic rings. The van der Waals surface area contributed by atoms with Gasteiger partial charge >= 0.3 is 0 Å². The van der Waals surface area contributed by atoms with Crippen molar-refractivity contribution < 1.29 is 19.4 Å². The highest BCUT2D eigenvalue weighted by atomic mass is 16.5. The second kappa shape index (κ2) is 14.4. The predicted molar refractivity (Wildman–Crippen MR) is 212 cm³/mol. The standard InChI is InChI=1S/C41H46N10O5/c1-6-35(53)45-31-15-27(13-26(18-42)36(31)49-10-9-48(19-24(49)2)28-22-56-23-28)44-37-40(55)47(5)20-32(46-37)29-7-8-43-38(30(29)21-52)51-12-11-50-33(39(51)54)14-25-16-41(3,4)17-34(25)50/h6-8,13-15,20,24,28,52H,1,9-12,16-17,19,21-23H2,2-5H3,(H,44,46)(H,45,53)/t24-/m0/s1. The minimum absolute atomic E-state index is 0.0326. The Balaban J connectivity index is 1.12. The molecule has 0 saturated carbocycles. The van der Waals surface area contributed by atoms with Crippen LogP contribution in [0.25, 0.3) is 11.3 Å². The Morgan fingerprint density at radius 3 is 2.66 bits per heavy atom. The van der Waals surface area contributed by atoms with Gasteiger partial charge in [0, 0.05) is 80.7 Å². The van der Waals surface area contributed by atoms with E-state index in [9.17, 15) is 24.8 Å². The van der Waals surface area contributed by atoms with Gasteiger partial charge in [-0.3, -0.25) is 24.2 Å². The molecule has 4 aliphatic rings. The lowest BCUT2D eigenvalue weighted by Crippen LogP contribution is -2.59. The molecule has 8 rings (SSSR count). The Bertz CT molecular complexity index is 2370. The number of aliphatic hydroxyl groups is 1. The summed E-state index contributed by atoms with van der Waals surface area (Å²) in [6, 6.07) is 9.74. The third-order valence-electron chi connectivity index (χ3n) is 11.4. The lowest BCUT2D eigenvalue weighted by atomic mass is 9.90. The Morgan fingerprint density at radius 1 is 1.16 bits per heavy atom. The van der Waals surface area contributed by atoms with Gasteiger partial charge < -0.3 is 34.5 Å². The van der Waals surface area contributed by atoms with E-state index in [1.165, 1.54) is 15.8 Å². The maximum Gasteiger partial charge on any atom is 0.293 e. The molecule has 2 amide bonds. The lowest BCUT2D eigenvalue weighted by molar-refractivity contribution is -0.111. The molecule has 2 saturated heterocycles. The first kappa shape index (κ1) is 37.1. The van der Waals surface area contributed by atoms with Crippen molar-refractivity contribution in [3.05, 3.63) is 87.7 Å². The van der Waals surface area contributed by atoms with E-state index >= 15 is 0 Å². The highest BCUT2D eigenvalue weighted by Crippen LogP contribution is 2.41. The third kappa shape index (κ3) is 6.53. The molecule has 0 radical (unpaired) electrons. The predicted octanol–water partition coefficient (Wildman–Crippen LogP) is 3.57. The van der Waals surface area contributed by atoms with Crippen molar-refractivity contribution >= 4 is 40.5 Å². The van der Waals surface area contributed by atoms with Gasteiger partial charge in [-0.15, -0.1) is 0 Å². The zero-order valence-electron chi connectivity index (χ0n) is 32.1. The summed E-state index contributed by atoms with van der Waals surface area (Å²) >= 11 is 0. The van der Waals surface area contributed by atoms with Crippen LogP contribution in [0.4, 0.5) is 28.7 Å². The molecule has 1 aliphatic carbocycles. The van der Waals surface area contributed by atoms with Gasteiger partial charge in [-0.25, -0.2) is 9.97 Å². The first-order valence-corrected chi connectivity index (χ1v) is 19.0. The number of carbonyl (C=O) groups is 2. The van der Waals surface area contributed by atoms with Gasteiger partial charge in [-0.05, 0) is 61.1 Å². The Hall–Kier alpha value is -5.82. The zero-order chi connectivity index (χ0) is 39.5. The topological polar surface area (TPSA) is 174 Å². The number of piperazine rings is 1. The number of nitriles is 1. The number of hydrogen-bond acceptors (Lipinski definition) is 11. The molecule has 0 unspecified atom stereocenters. The fraction of sp³-hybridized carbons (Fsp3) is 0.415. The number of rotatable bonds is 9. The van der Waals surface area contributed by atoms with Crippen molar-refractivity contribution in [3.63, 3.8) is 0 Å². The smallest absolute Gasteiger partial charge is 0.293 e. The third-order valence-corrected chi connectivity index (χ3v) is 11.4. The molecule has 290 valence electrons. The van der Waals surface area contributed by atoms with E-state index in [1.807, 2.05) is 6.07 Å². The molecule has 6 heterocycles. The number of fused-ring (bicyclic) bond motifs is 3. The highest BCUT2D eigenvalue weighted by molar-refractivity contribution is 6.06. The van der Waals surface area contributed by atoms with Gasteiger partial charge in [-0.1, -0.05) is 20.4 Å². The van der Waals surface area contributed by atoms with Crippen LogP contribution in [0.15, 0.2) is 54.1 Å². The number of hydrogen-bond donors (Lipinski definition) is 3. The average Bonchev–Trinajstić information content (AvgIpc) is 3.64. The minimum Gasteiger partial charge on any atom is -0.392 e. The SMILES string of the molecule is C=CC(=O)Nc1cc(Nc2nc(-c3ccnc(N4CCn5c(cc6c5CC(C)(C)C6)C4=O)c3CO)cn(C)c2=O)cc(C#N)c1N1CCN(C2COC2)C[C@@H]1C. The molecule has 3 N–H and O–H groups in total. The minimum atomic E-state index is -0.445. The van der Waals surface area contributed by atoms with Gasteiger partial charge in [0.2, 0.25) is 5.91 Å². The Labute approximate surface area is 324 Å². The number of aliphatic hydroxyl groups excluding tert-OH is 1. The normalized spacial score (nSPS) is 19.2. The number of anilines is 5. The number of aromatic nitrogens is 4. The lowest BCUT2D eigenvalue weighted by Gasteiger charge is -2.47. The van der Waals surface area contributed by atoms with Gasteiger partial charge in [-0.2, -0.15) is 5.26 Å². The van der Waals surface area contributed by atoms with E-state index in [0.717, 1.165) is 32.0 Å². The van der Waals surface area contributed by atoms with Crippen LogP contribution >= 0.6 is 0 Å². The summed E-state index contributed by atoms with van der Waals surface area (Å²) < 4.78 is 8.91. The fourth-order valence-electron chi connectivity index (χ4n) is 8.64. The largest absolute Gasteiger partial charge is 0.392 e. The van der Waals surface area contributed by atoms with Crippen LogP contribution in [-0.2, 0) is 42.6 Å². The van der Waals surface area contributed by atoms with Crippen molar-refractivity contribution in [2.75, 3.05) is 59.8 Å². The first-order chi connectivity index (χ1) is 26.9. The molecule has 1 aromatic carbocycles. The van der Waals surface area contributed by atoms with E-state index < -0.39 is 18.1 Å². The number of ether oxygens (including phenoxy) is 1. The van der Waals surface area contributed by atoms with Crippen molar-refractivity contribution in [1.82, 2.24) is 24.0 Å². The molecular formula is C41H46N10O5. The molecule has 15 nitrogen and oxygen atoms in total. The van der Waals surface area contributed by atoms with Crippen LogP contribution in [0.5, 0.6) is 0 Å². The van der Waals surface area contributed by atoms with Gasteiger partial charge in [0.25, 0.3) is 11.5 Å². The number of aryl methyl sites for hydroxylation is 1. The first-order valence-electron chi connectivity index (χ1n) is 19.0. The van der Waals surface area contributed by atoms with Crippen molar-refractivity contribution in [2.24, 2.45) is 12.5 Å². The summed E-state index contributed by atoms with van der Waals surface area (Å²) in [6.07, 6.45) is 6.14. The quantitative estimate of drug-likeness (QED) is 0.213. The van der Waals surface area contributed by atoms with Gasteiger partial charge in [0.1, 0.15) is 17.6 Å². The average molecular weight is 759 g/mol. The van der Waals surface area contributed by atoms with Crippen LogP contribution in [0.3, 0.4) is 0 Å². The molecule has 3 aromatic heterocycles. The number of nitrogens with zero attached hydrogens (tertiary/aromatic N) is 8. The van der Waals surface area contributed by atoms with E-state index in [2.05, 4.69) is 63.4 Å². The molecule has 2 fully saturated rings. The molecule has 0 bridgehead atoms. The Morgan fingerprint density at radius 2 is 1.96 bits per heavy atom. The second-order valence-corrected chi connectivity index (χ2v) is 15.9. The van der Waals surface area contributed by atoms with Crippen molar-refractivity contribution in [1.29, 1.82) is 5.26 Å². The van der Waals surface area contributed by atoms with Crippen molar-refractivity contribution in [2.45, 2.75) is 58.8 Å².